The van der Waals surface area contributed by atoms with Gasteiger partial charge in [-0.05, 0) is 29.3 Å². The fraction of sp³-hybridized carbons (Fsp3) is 0.269. The summed E-state index contributed by atoms with van der Waals surface area (Å²) in [4.78, 5) is 15.9. The Bertz CT molecular complexity index is 1130. The Balaban J connectivity index is 1.50. The summed E-state index contributed by atoms with van der Waals surface area (Å²) in [7, 11) is 0. The van der Waals surface area contributed by atoms with E-state index in [1.54, 1.807) is 18.2 Å². The van der Waals surface area contributed by atoms with E-state index in [0.717, 1.165) is 17.2 Å². The molecule has 1 N–H and O–H groups in total. The van der Waals surface area contributed by atoms with E-state index in [2.05, 4.69) is 0 Å². The van der Waals surface area contributed by atoms with Gasteiger partial charge in [0.2, 0.25) is 0 Å². The smallest absolute Gasteiger partial charge is 0.410 e. The van der Waals surface area contributed by atoms with E-state index in [1.165, 1.54) is 17.0 Å². The first-order valence-electron chi connectivity index (χ1n) is 11.0. The number of nitrogens with zero attached hydrogens (tertiary/aromatic N) is 2. The van der Waals surface area contributed by atoms with Crippen molar-refractivity contribution in [1.82, 2.24) is 9.80 Å². The average molecular weight is 487 g/mol. The van der Waals surface area contributed by atoms with Crippen LogP contribution in [0.25, 0.3) is 0 Å². The molecule has 3 aromatic rings. The van der Waals surface area contributed by atoms with Crippen LogP contribution in [-0.2, 0) is 24.4 Å². The number of ether oxygens (including phenoxy) is 1. The van der Waals surface area contributed by atoms with Gasteiger partial charge in [0.05, 0.1) is 18.7 Å². The third-order valence-corrected chi connectivity index (χ3v) is 6.11. The fourth-order valence-electron chi connectivity index (χ4n) is 4.14. The van der Waals surface area contributed by atoms with E-state index >= 15 is 0 Å². The number of hydrogen-bond acceptors (Lipinski definition) is 4. The van der Waals surface area contributed by atoms with Crippen molar-refractivity contribution in [3.63, 3.8) is 0 Å². The van der Waals surface area contributed by atoms with Crippen LogP contribution in [0.3, 0.4) is 0 Å². The molecule has 0 spiro atoms. The monoisotopic (exact) mass is 486 g/mol. The Morgan fingerprint density at radius 1 is 1.00 bits per heavy atom. The molecule has 0 saturated carbocycles. The number of rotatable bonds is 7. The molecule has 2 atom stereocenters. The van der Waals surface area contributed by atoms with Gasteiger partial charge in [-0.25, -0.2) is 13.6 Å². The lowest BCUT2D eigenvalue weighted by Gasteiger charge is -2.31. The van der Waals surface area contributed by atoms with Crippen LogP contribution < -0.4 is 0 Å². The van der Waals surface area contributed by atoms with Crippen molar-refractivity contribution >= 4 is 17.7 Å². The van der Waals surface area contributed by atoms with Gasteiger partial charge in [-0.1, -0.05) is 66.2 Å². The molecule has 0 aromatic heterocycles. The van der Waals surface area contributed by atoms with Crippen LogP contribution in [0.2, 0.25) is 5.02 Å². The standard InChI is InChI=1S/C26H25ClF2N2O3/c27-21-10-4-8-19(12-21)13-30(14-20-9-5-11-22(28)25(20)29)23-15-31(16-24(23)32)26(33)34-17-18-6-2-1-3-7-18/h1-12,23-24,32H,13-17H2/t23-,24-/m1/s1. The first-order chi connectivity index (χ1) is 16.4. The van der Waals surface area contributed by atoms with Gasteiger partial charge >= 0.3 is 6.09 Å². The van der Waals surface area contributed by atoms with E-state index in [4.69, 9.17) is 16.3 Å². The molecule has 0 unspecified atom stereocenters. The van der Waals surface area contributed by atoms with Crippen molar-refractivity contribution in [2.75, 3.05) is 13.1 Å². The van der Waals surface area contributed by atoms with Gasteiger partial charge < -0.3 is 14.7 Å². The maximum absolute atomic E-state index is 14.4. The lowest BCUT2D eigenvalue weighted by Crippen LogP contribution is -2.43. The van der Waals surface area contributed by atoms with Crippen LogP contribution in [0.5, 0.6) is 0 Å². The van der Waals surface area contributed by atoms with Gasteiger partial charge in [0.1, 0.15) is 6.61 Å². The molecule has 1 aliphatic heterocycles. The Morgan fingerprint density at radius 3 is 2.50 bits per heavy atom. The minimum absolute atomic E-state index is 0.0464. The summed E-state index contributed by atoms with van der Waals surface area (Å²) in [6, 6.07) is 20.0. The van der Waals surface area contributed by atoms with Gasteiger partial charge in [0, 0.05) is 30.2 Å². The van der Waals surface area contributed by atoms with Crippen LogP contribution in [0.15, 0.2) is 72.8 Å². The van der Waals surface area contributed by atoms with E-state index in [-0.39, 0.29) is 31.8 Å². The number of β-amino-alcohol motifs (C(OH)–C–C–N with tert-alkyl or cyclic N) is 1. The third-order valence-electron chi connectivity index (χ3n) is 5.87. The topological polar surface area (TPSA) is 53.0 Å². The molecule has 1 fully saturated rings. The molecular formula is C26H25ClF2N2O3. The normalized spacial score (nSPS) is 17.9. The summed E-state index contributed by atoms with van der Waals surface area (Å²) < 4.78 is 33.7. The highest BCUT2D eigenvalue weighted by atomic mass is 35.5. The van der Waals surface area contributed by atoms with Gasteiger partial charge in [-0.15, -0.1) is 0 Å². The van der Waals surface area contributed by atoms with Crippen LogP contribution in [0, 0.1) is 11.6 Å². The van der Waals surface area contributed by atoms with Crippen LogP contribution in [0.1, 0.15) is 16.7 Å². The maximum atomic E-state index is 14.4. The lowest BCUT2D eigenvalue weighted by molar-refractivity contribution is 0.0720. The number of carbonyl (C=O) groups excluding carboxylic acids is 1. The summed E-state index contributed by atoms with van der Waals surface area (Å²) in [5.41, 5.74) is 1.87. The van der Waals surface area contributed by atoms with E-state index in [0.29, 0.717) is 11.6 Å². The molecule has 1 heterocycles. The maximum Gasteiger partial charge on any atom is 0.410 e. The zero-order valence-electron chi connectivity index (χ0n) is 18.4. The van der Waals surface area contributed by atoms with Gasteiger partial charge in [0.15, 0.2) is 11.6 Å². The molecule has 5 nitrogen and oxygen atoms in total. The summed E-state index contributed by atoms with van der Waals surface area (Å²) >= 11 is 6.13. The summed E-state index contributed by atoms with van der Waals surface area (Å²) in [6.45, 7) is 0.760. The molecule has 3 aromatic carbocycles. The summed E-state index contributed by atoms with van der Waals surface area (Å²) in [5, 5.41) is 11.4. The Hall–Kier alpha value is -3.00. The number of halogens is 3. The van der Waals surface area contributed by atoms with Crippen molar-refractivity contribution in [2.24, 2.45) is 0 Å². The molecule has 1 amide bonds. The highest BCUT2D eigenvalue weighted by Gasteiger charge is 2.38. The Labute approximate surface area is 202 Å². The van der Waals surface area contributed by atoms with Crippen molar-refractivity contribution in [2.45, 2.75) is 31.8 Å². The van der Waals surface area contributed by atoms with Crippen molar-refractivity contribution in [3.8, 4) is 0 Å². The molecular weight excluding hydrogens is 462 g/mol. The number of amides is 1. The predicted molar refractivity (Wildman–Crippen MR) is 125 cm³/mol. The molecule has 8 heteroatoms. The van der Waals surface area contributed by atoms with E-state index < -0.39 is 29.9 Å². The third kappa shape index (κ3) is 5.91. The number of benzene rings is 3. The molecule has 178 valence electrons. The van der Waals surface area contributed by atoms with Gasteiger partial charge in [0.25, 0.3) is 0 Å². The highest BCUT2D eigenvalue weighted by Crippen LogP contribution is 2.24. The highest BCUT2D eigenvalue weighted by molar-refractivity contribution is 6.30. The first-order valence-corrected chi connectivity index (χ1v) is 11.3. The molecule has 0 bridgehead atoms. The van der Waals surface area contributed by atoms with E-state index in [1.807, 2.05) is 41.3 Å². The minimum Gasteiger partial charge on any atom is -0.445 e. The van der Waals surface area contributed by atoms with Crippen LogP contribution in [-0.4, -0.2) is 46.2 Å². The summed E-state index contributed by atoms with van der Waals surface area (Å²) in [5.74, 6) is -1.86. The van der Waals surface area contributed by atoms with Crippen molar-refractivity contribution in [1.29, 1.82) is 0 Å². The number of likely N-dealkylation sites (tertiary alicyclic amines) is 1. The number of carbonyl (C=O) groups is 1. The van der Waals surface area contributed by atoms with E-state index in [9.17, 15) is 18.7 Å². The number of aliphatic hydroxyl groups is 1. The van der Waals surface area contributed by atoms with Crippen molar-refractivity contribution in [3.05, 3.63) is 106 Å². The predicted octanol–water partition coefficient (Wildman–Crippen LogP) is 5.00. The molecule has 0 radical (unpaired) electrons. The second-order valence-electron chi connectivity index (χ2n) is 8.33. The number of hydrogen-bond donors (Lipinski definition) is 1. The summed E-state index contributed by atoms with van der Waals surface area (Å²) in [6.07, 6.45) is -1.43. The Morgan fingerprint density at radius 2 is 1.74 bits per heavy atom. The van der Waals surface area contributed by atoms with Gasteiger partial charge in [-0.2, -0.15) is 0 Å². The number of aliphatic hydroxyl groups excluding tert-OH is 1. The second-order valence-corrected chi connectivity index (χ2v) is 8.76. The molecule has 1 aliphatic rings. The quantitative estimate of drug-likeness (QED) is 0.510. The largest absolute Gasteiger partial charge is 0.445 e. The SMILES string of the molecule is O=C(OCc1ccccc1)N1C[C@@H](O)[C@H](N(Cc2cccc(Cl)c2)Cc2cccc(F)c2F)C1. The second kappa shape index (κ2) is 11.0. The van der Waals surface area contributed by atoms with Gasteiger partial charge in [-0.3, -0.25) is 4.90 Å². The average Bonchev–Trinajstić information content (AvgIpc) is 3.22. The molecule has 4 rings (SSSR count). The molecule has 0 aliphatic carbocycles. The zero-order chi connectivity index (χ0) is 24.1. The lowest BCUT2D eigenvalue weighted by atomic mass is 10.1. The first kappa shape index (κ1) is 24.1. The molecule has 34 heavy (non-hydrogen) atoms. The van der Waals surface area contributed by atoms with Crippen LogP contribution in [0.4, 0.5) is 13.6 Å². The minimum atomic E-state index is -0.932. The van der Waals surface area contributed by atoms with Crippen LogP contribution >= 0.6 is 11.6 Å². The Kier molecular flexibility index (Phi) is 7.77. The van der Waals surface area contributed by atoms with Crippen molar-refractivity contribution < 1.29 is 23.4 Å². The zero-order valence-corrected chi connectivity index (χ0v) is 19.2. The fourth-order valence-corrected chi connectivity index (χ4v) is 4.35. The molecule has 1 saturated heterocycles.